The molecule has 160 valence electrons. The monoisotopic (exact) mass is 418 g/mol. The first-order valence-corrected chi connectivity index (χ1v) is 10.6. The van der Waals surface area contributed by atoms with Crippen molar-refractivity contribution in [1.29, 1.82) is 0 Å². The number of ketones is 1. The Kier molecular flexibility index (Phi) is 6.11. The van der Waals surface area contributed by atoms with Crippen LogP contribution >= 0.6 is 0 Å². The van der Waals surface area contributed by atoms with E-state index in [2.05, 4.69) is 15.7 Å². The van der Waals surface area contributed by atoms with Crippen molar-refractivity contribution in [3.8, 4) is 0 Å². The van der Waals surface area contributed by atoms with Crippen LogP contribution in [0.5, 0.6) is 0 Å². The van der Waals surface area contributed by atoms with Crippen molar-refractivity contribution in [2.75, 3.05) is 10.3 Å². The summed E-state index contributed by atoms with van der Waals surface area (Å²) in [6, 6.07) is 16.3. The maximum Gasteiger partial charge on any atom is 0.267 e. The highest BCUT2D eigenvalue weighted by Gasteiger charge is 2.34. The number of para-hydroxylation sites is 1. The highest BCUT2D eigenvalue weighted by atomic mass is 16.2. The number of hydrogen-bond donors (Lipinski definition) is 2. The maximum absolute atomic E-state index is 12.7. The van der Waals surface area contributed by atoms with E-state index in [1.807, 2.05) is 54.6 Å². The molecule has 7 heteroatoms. The van der Waals surface area contributed by atoms with Gasteiger partial charge in [-0.1, -0.05) is 36.8 Å². The number of amides is 2. The summed E-state index contributed by atoms with van der Waals surface area (Å²) in [4.78, 5) is 37.0. The zero-order valence-corrected chi connectivity index (χ0v) is 17.5. The third-order valence-corrected chi connectivity index (χ3v) is 5.79. The Bertz CT molecular complexity index is 1010. The normalized spacial score (nSPS) is 18.2. The summed E-state index contributed by atoms with van der Waals surface area (Å²) < 4.78 is 0. The van der Waals surface area contributed by atoms with Crippen LogP contribution in [-0.4, -0.2) is 29.4 Å². The molecule has 4 rings (SSSR count). The molecule has 1 unspecified atom stereocenters. The molecule has 2 N–H and O–H groups in total. The molecule has 1 aliphatic heterocycles. The molecule has 7 nitrogen and oxygen atoms in total. The molecule has 2 aromatic carbocycles. The predicted molar refractivity (Wildman–Crippen MR) is 120 cm³/mol. The fourth-order valence-electron chi connectivity index (χ4n) is 3.74. The van der Waals surface area contributed by atoms with Crippen LogP contribution in [0.3, 0.4) is 0 Å². The lowest BCUT2D eigenvalue weighted by Gasteiger charge is -2.24. The summed E-state index contributed by atoms with van der Waals surface area (Å²) in [7, 11) is 0. The lowest BCUT2D eigenvalue weighted by molar-refractivity contribution is -0.122. The Morgan fingerprint density at radius 3 is 2.52 bits per heavy atom. The summed E-state index contributed by atoms with van der Waals surface area (Å²) in [5.41, 5.74) is 2.72. The van der Waals surface area contributed by atoms with Gasteiger partial charge in [0.05, 0.1) is 5.69 Å². The molecule has 1 heterocycles. The van der Waals surface area contributed by atoms with E-state index in [9.17, 15) is 14.4 Å². The molecule has 0 saturated heterocycles. The number of hydrazone groups is 1. The van der Waals surface area contributed by atoms with E-state index in [4.69, 9.17) is 0 Å². The van der Waals surface area contributed by atoms with Gasteiger partial charge in [-0.3, -0.25) is 19.4 Å². The molecule has 2 aliphatic rings. The van der Waals surface area contributed by atoms with E-state index in [1.165, 1.54) is 6.92 Å². The van der Waals surface area contributed by atoms with E-state index in [0.29, 0.717) is 12.3 Å². The van der Waals surface area contributed by atoms with Crippen LogP contribution in [0.25, 0.3) is 0 Å². The molecule has 0 spiro atoms. The van der Waals surface area contributed by atoms with Gasteiger partial charge in [-0.2, -0.15) is 5.10 Å². The maximum atomic E-state index is 12.7. The molecule has 2 amide bonds. The Balaban J connectivity index is 1.39. The second kappa shape index (κ2) is 9.12. The standard InChI is InChI=1S/C24H26N4O3/c1-16(29)22-14-21(27-28(22)20-11-3-2-4-12-20)24(31)25-15-17-7-5-10-19(13-17)26-23(30)18-8-6-9-18/h2-5,7,10-13,18,22H,6,8-9,14-15H2,1H3,(H,25,31)(H,26,30). The van der Waals surface area contributed by atoms with Crippen LogP contribution in [0.2, 0.25) is 0 Å². The molecule has 1 saturated carbocycles. The van der Waals surface area contributed by atoms with Crippen LogP contribution in [0.4, 0.5) is 11.4 Å². The Morgan fingerprint density at radius 2 is 1.84 bits per heavy atom. The summed E-state index contributed by atoms with van der Waals surface area (Å²) in [6.07, 6.45) is 3.28. The van der Waals surface area contributed by atoms with Crippen molar-refractivity contribution in [2.24, 2.45) is 11.0 Å². The zero-order valence-electron chi connectivity index (χ0n) is 17.5. The zero-order chi connectivity index (χ0) is 21.8. The molecule has 0 aromatic heterocycles. The minimum Gasteiger partial charge on any atom is -0.347 e. The van der Waals surface area contributed by atoms with Gasteiger partial charge < -0.3 is 10.6 Å². The minimum atomic E-state index is -0.479. The molecule has 1 aliphatic carbocycles. The van der Waals surface area contributed by atoms with Crippen molar-refractivity contribution in [2.45, 2.75) is 45.2 Å². The topological polar surface area (TPSA) is 90.9 Å². The van der Waals surface area contributed by atoms with Gasteiger partial charge in [0, 0.05) is 24.6 Å². The van der Waals surface area contributed by atoms with Crippen molar-refractivity contribution in [3.63, 3.8) is 0 Å². The number of hydrogen-bond acceptors (Lipinski definition) is 5. The van der Waals surface area contributed by atoms with E-state index in [-0.39, 0.29) is 29.9 Å². The van der Waals surface area contributed by atoms with Crippen LogP contribution in [0.1, 0.15) is 38.2 Å². The third-order valence-electron chi connectivity index (χ3n) is 5.79. The number of anilines is 2. The van der Waals surface area contributed by atoms with Gasteiger partial charge >= 0.3 is 0 Å². The molecule has 2 aromatic rings. The fraction of sp³-hybridized carbons (Fsp3) is 0.333. The number of carbonyl (C=O) groups excluding carboxylic acids is 3. The van der Waals surface area contributed by atoms with Crippen LogP contribution in [0, 0.1) is 5.92 Å². The van der Waals surface area contributed by atoms with Crippen molar-refractivity contribution in [1.82, 2.24) is 5.32 Å². The first-order chi connectivity index (χ1) is 15.0. The van der Waals surface area contributed by atoms with Gasteiger partial charge in [0.2, 0.25) is 5.91 Å². The van der Waals surface area contributed by atoms with Gasteiger partial charge in [-0.15, -0.1) is 0 Å². The molecule has 1 fully saturated rings. The SMILES string of the molecule is CC(=O)C1CC(C(=O)NCc2cccc(NC(=O)C3CCC3)c2)=NN1c1ccccc1. The highest BCUT2D eigenvalue weighted by molar-refractivity contribution is 6.40. The number of nitrogens with one attached hydrogen (secondary N) is 2. The largest absolute Gasteiger partial charge is 0.347 e. The van der Waals surface area contributed by atoms with Crippen LogP contribution < -0.4 is 15.6 Å². The molecule has 1 atom stereocenters. The average Bonchev–Trinajstić information content (AvgIpc) is 3.18. The van der Waals surface area contributed by atoms with Gasteiger partial charge in [-0.05, 0) is 49.6 Å². The number of nitrogens with zero attached hydrogens (tertiary/aromatic N) is 2. The average molecular weight is 418 g/mol. The predicted octanol–water partition coefficient (Wildman–Crippen LogP) is 3.27. The Labute approximate surface area is 181 Å². The van der Waals surface area contributed by atoms with E-state index < -0.39 is 6.04 Å². The molecule has 0 bridgehead atoms. The second-order valence-corrected chi connectivity index (χ2v) is 8.06. The van der Waals surface area contributed by atoms with Crippen LogP contribution in [0.15, 0.2) is 59.7 Å². The third kappa shape index (κ3) is 4.82. The number of carbonyl (C=O) groups is 3. The summed E-state index contributed by atoms with van der Waals surface area (Å²) in [5.74, 6) is -0.159. The van der Waals surface area contributed by atoms with Gasteiger partial charge in [-0.25, -0.2) is 0 Å². The Hall–Kier alpha value is -3.48. The van der Waals surface area contributed by atoms with Crippen molar-refractivity contribution in [3.05, 3.63) is 60.2 Å². The van der Waals surface area contributed by atoms with Gasteiger partial charge in [0.15, 0.2) is 5.78 Å². The lowest BCUT2D eigenvalue weighted by atomic mass is 9.85. The highest BCUT2D eigenvalue weighted by Crippen LogP contribution is 2.28. The molecular formula is C24H26N4O3. The van der Waals surface area contributed by atoms with E-state index in [1.54, 1.807) is 5.01 Å². The molecule has 31 heavy (non-hydrogen) atoms. The summed E-state index contributed by atoms with van der Waals surface area (Å²) in [5, 5.41) is 11.9. The van der Waals surface area contributed by atoms with Crippen molar-refractivity contribution >= 4 is 34.7 Å². The lowest BCUT2D eigenvalue weighted by Crippen LogP contribution is -2.34. The Morgan fingerprint density at radius 1 is 1.06 bits per heavy atom. The first-order valence-electron chi connectivity index (χ1n) is 10.6. The molecular weight excluding hydrogens is 392 g/mol. The van der Waals surface area contributed by atoms with Crippen molar-refractivity contribution < 1.29 is 14.4 Å². The number of rotatable bonds is 7. The first kappa shape index (κ1) is 20.8. The van der Waals surface area contributed by atoms with E-state index >= 15 is 0 Å². The van der Waals surface area contributed by atoms with Crippen LogP contribution in [-0.2, 0) is 20.9 Å². The summed E-state index contributed by atoms with van der Waals surface area (Å²) in [6.45, 7) is 1.82. The second-order valence-electron chi connectivity index (χ2n) is 8.06. The van der Waals surface area contributed by atoms with Gasteiger partial charge in [0.25, 0.3) is 5.91 Å². The van der Waals surface area contributed by atoms with Gasteiger partial charge in [0.1, 0.15) is 11.8 Å². The number of benzene rings is 2. The van der Waals surface area contributed by atoms with E-state index in [0.717, 1.165) is 36.2 Å². The fourth-order valence-corrected chi connectivity index (χ4v) is 3.74. The minimum absolute atomic E-state index is 0.0368. The smallest absolute Gasteiger partial charge is 0.267 e. The molecule has 0 radical (unpaired) electrons. The summed E-state index contributed by atoms with van der Waals surface area (Å²) >= 11 is 0. The quantitative estimate of drug-likeness (QED) is 0.722. The number of Topliss-reactive ketones (excluding diaryl/α,β-unsaturated/α-hetero) is 1.